The number of morpholine rings is 1. The summed E-state index contributed by atoms with van der Waals surface area (Å²) in [6.45, 7) is 6.31. The molecule has 2 amide bonds. The number of nitrogens with one attached hydrogen (secondary N) is 1. The Hall–Kier alpha value is -2.56. The number of nitrogens with zero attached hydrogens (tertiary/aromatic N) is 4. The first-order chi connectivity index (χ1) is 16.3. The average Bonchev–Trinajstić information content (AvgIpc) is 2.83. The minimum absolute atomic E-state index is 0.0512. The topological polar surface area (TPSA) is 60.9 Å². The number of carbonyl (C=O) groups excluding carboxylic acids is 1. The monoisotopic (exact) mass is 497 g/mol. The Morgan fingerprint density at radius 2 is 1.76 bits per heavy atom. The van der Waals surface area contributed by atoms with Crippen molar-refractivity contribution in [2.45, 2.75) is 19.3 Å². The van der Waals surface area contributed by atoms with Crippen LogP contribution >= 0.6 is 11.6 Å². The highest BCUT2D eigenvalue weighted by Crippen LogP contribution is 2.33. The zero-order chi connectivity index (χ0) is 24.1. The van der Waals surface area contributed by atoms with Crippen LogP contribution in [0.4, 0.5) is 23.8 Å². The van der Waals surface area contributed by atoms with Crippen molar-refractivity contribution in [1.29, 1.82) is 0 Å². The van der Waals surface area contributed by atoms with Crippen molar-refractivity contribution < 1.29 is 22.7 Å². The lowest BCUT2D eigenvalue weighted by atomic mass is 10.1. The van der Waals surface area contributed by atoms with Gasteiger partial charge in [-0.2, -0.15) is 13.2 Å². The number of aromatic nitrogens is 1. The molecule has 184 valence electrons. The number of alkyl halides is 3. The first kappa shape index (κ1) is 24.6. The predicted molar refractivity (Wildman–Crippen MR) is 123 cm³/mol. The molecule has 2 aromatic rings. The third kappa shape index (κ3) is 6.31. The van der Waals surface area contributed by atoms with Gasteiger partial charge in [0.05, 0.1) is 23.8 Å². The molecular weight excluding hydrogens is 471 g/mol. The van der Waals surface area contributed by atoms with Gasteiger partial charge in [-0.3, -0.25) is 4.90 Å². The van der Waals surface area contributed by atoms with Gasteiger partial charge in [0, 0.05) is 58.6 Å². The molecule has 0 spiro atoms. The van der Waals surface area contributed by atoms with Crippen LogP contribution in [0.2, 0.25) is 5.02 Å². The summed E-state index contributed by atoms with van der Waals surface area (Å²) in [4.78, 5) is 22.4. The van der Waals surface area contributed by atoms with Gasteiger partial charge in [-0.25, -0.2) is 9.78 Å². The summed E-state index contributed by atoms with van der Waals surface area (Å²) in [6, 6.07) is 8.88. The molecule has 2 aliphatic heterocycles. The van der Waals surface area contributed by atoms with Crippen LogP contribution in [0, 0.1) is 0 Å². The number of halogens is 4. The highest BCUT2D eigenvalue weighted by atomic mass is 35.5. The summed E-state index contributed by atoms with van der Waals surface area (Å²) in [7, 11) is 0. The van der Waals surface area contributed by atoms with E-state index in [1.54, 1.807) is 9.80 Å². The number of rotatable bonds is 5. The second-order valence-corrected chi connectivity index (χ2v) is 8.78. The maximum absolute atomic E-state index is 12.8. The Morgan fingerprint density at radius 3 is 2.44 bits per heavy atom. The van der Waals surface area contributed by atoms with Gasteiger partial charge >= 0.3 is 12.2 Å². The van der Waals surface area contributed by atoms with Crippen molar-refractivity contribution in [3.63, 3.8) is 0 Å². The predicted octanol–water partition coefficient (Wildman–Crippen LogP) is 3.62. The number of pyridine rings is 1. The Bertz CT molecular complexity index is 993. The third-order valence-electron chi connectivity index (χ3n) is 5.96. The van der Waals surface area contributed by atoms with Gasteiger partial charge in [0.2, 0.25) is 0 Å². The van der Waals surface area contributed by atoms with Crippen LogP contribution in [0.1, 0.15) is 16.7 Å². The maximum Gasteiger partial charge on any atom is 0.417 e. The van der Waals surface area contributed by atoms with E-state index < -0.39 is 11.7 Å². The van der Waals surface area contributed by atoms with E-state index in [2.05, 4.69) is 27.3 Å². The molecule has 11 heteroatoms. The number of hydrogen-bond donors (Lipinski definition) is 1. The number of benzene rings is 1. The van der Waals surface area contributed by atoms with Gasteiger partial charge in [-0.1, -0.05) is 35.9 Å². The lowest BCUT2D eigenvalue weighted by Crippen LogP contribution is -2.52. The molecule has 0 bridgehead atoms. The highest BCUT2D eigenvalue weighted by Gasteiger charge is 2.32. The summed E-state index contributed by atoms with van der Waals surface area (Å²) in [5.74, 6) is 0.298. The molecule has 2 fully saturated rings. The fourth-order valence-corrected chi connectivity index (χ4v) is 4.37. The van der Waals surface area contributed by atoms with Gasteiger partial charge in [0.1, 0.15) is 5.82 Å². The minimum Gasteiger partial charge on any atom is -0.379 e. The van der Waals surface area contributed by atoms with Crippen molar-refractivity contribution in [2.75, 3.05) is 57.4 Å². The van der Waals surface area contributed by atoms with Crippen LogP contribution in [0.5, 0.6) is 0 Å². The number of hydrogen-bond acceptors (Lipinski definition) is 5. The molecule has 7 nitrogen and oxygen atoms in total. The van der Waals surface area contributed by atoms with E-state index in [4.69, 9.17) is 16.3 Å². The van der Waals surface area contributed by atoms with Crippen LogP contribution in [-0.4, -0.2) is 73.3 Å². The Kier molecular flexibility index (Phi) is 7.80. The zero-order valence-electron chi connectivity index (χ0n) is 18.7. The second kappa shape index (κ2) is 10.8. The lowest BCUT2D eigenvalue weighted by Gasteiger charge is -2.35. The van der Waals surface area contributed by atoms with E-state index in [1.165, 1.54) is 5.56 Å². The molecule has 3 heterocycles. The minimum atomic E-state index is -4.49. The number of anilines is 1. The molecule has 1 N–H and O–H groups in total. The van der Waals surface area contributed by atoms with Crippen LogP contribution in [0.3, 0.4) is 0 Å². The zero-order valence-corrected chi connectivity index (χ0v) is 19.4. The largest absolute Gasteiger partial charge is 0.417 e. The standard InChI is InChI=1S/C23H27ClF3N5O2/c24-20-13-19(23(25,26)27)15-28-21(20)31-4-6-32(7-5-31)22(33)29-14-17-2-1-3-18(12-17)16-30-8-10-34-11-9-30/h1-3,12-13,15H,4-11,14,16H2,(H,29,33). The van der Waals surface area contributed by atoms with Gasteiger partial charge < -0.3 is 19.9 Å². The lowest BCUT2D eigenvalue weighted by molar-refractivity contribution is -0.137. The molecule has 2 aliphatic rings. The first-order valence-electron chi connectivity index (χ1n) is 11.2. The molecule has 34 heavy (non-hydrogen) atoms. The van der Waals surface area contributed by atoms with E-state index in [-0.39, 0.29) is 11.1 Å². The molecule has 0 saturated carbocycles. The summed E-state index contributed by atoms with van der Waals surface area (Å²) >= 11 is 6.05. The molecule has 0 aliphatic carbocycles. The van der Waals surface area contributed by atoms with Crippen molar-refractivity contribution in [1.82, 2.24) is 20.1 Å². The smallest absolute Gasteiger partial charge is 0.379 e. The van der Waals surface area contributed by atoms with Gasteiger partial charge in [-0.15, -0.1) is 0 Å². The molecule has 4 rings (SSSR count). The summed E-state index contributed by atoms with van der Waals surface area (Å²) < 4.78 is 43.9. The van der Waals surface area contributed by atoms with Gasteiger partial charge in [0.15, 0.2) is 0 Å². The van der Waals surface area contributed by atoms with Crippen LogP contribution < -0.4 is 10.2 Å². The molecule has 0 unspecified atom stereocenters. The summed E-state index contributed by atoms with van der Waals surface area (Å²) in [5, 5.41) is 2.91. The van der Waals surface area contributed by atoms with Gasteiger partial charge in [-0.05, 0) is 17.2 Å². The van der Waals surface area contributed by atoms with E-state index in [0.29, 0.717) is 38.5 Å². The molecular formula is C23H27ClF3N5O2. The van der Waals surface area contributed by atoms with Crippen LogP contribution in [-0.2, 0) is 24.0 Å². The first-order valence-corrected chi connectivity index (χ1v) is 11.6. The number of ether oxygens (including phenoxy) is 1. The maximum atomic E-state index is 12.8. The van der Waals surface area contributed by atoms with E-state index in [0.717, 1.165) is 50.7 Å². The Labute approximate surface area is 201 Å². The molecule has 2 saturated heterocycles. The number of piperazine rings is 1. The number of urea groups is 1. The average molecular weight is 498 g/mol. The van der Waals surface area contributed by atoms with E-state index in [9.17, 15) is 18.0 Å². The van der Waals surface area contributed by atoms with E-state index in [1.807, 2.05) is 12.1 Å². The Balaban J connectivity index is 1.26. The second-order valence-electron chi connectivity index (χ2n) is 8.37. The highest BCUT2D eigenvalue weighted by molar-refractivity contribution is 6.33. The van der Waals surface area contributed by atoms with Crippen molar-refractivity contribution in [2.24, 2.45) is 0 Å². The van der Waals surface area contributed by atoms with Crippen molar-refractivity contribution >= 4 is 23.4 Å². The third-order valence-corrected chi connectivity index (χ3v) is 6.24. The Morgan fingerprint density at radius 1 is 1.06 bits per heavy atom. The summed E-state index contributed by atoms with van der Waals surface area (Å²) in [5.41, 5.74) is 1.34. The quantitative estimate of drug-likeness (QED) is 0.684. The SMILES string of the molecule is O=C(NCc1cccc(CN2CCOCC2)c1)N1CCN(c2ncc(C(F)(F)F)cc2Cl)CC1. The normalized spacial score (nSPS) is 17.6. The fourth-order valence-electron chi connectivity index (χ4n) is 4.08. The molecule has 0 radical (unpaired) electrons. The van der Waals surface area contributed by atoms with E-state index >= 15 is 0 Å². The van der Waals surface area contributed by atoms with Gasteiger partial charge in [0.25, 0.3) is 0 Å². The van der Waals surface area contributed by atoms with Crippen LogP contribution in [0.25, 0.3) is 0 Å². The molecule has 1 aromatic carbocycles. The fraction of sp³-hybridized carbons (Fsp3) is 0.478. The number of carbonyl (C=O) groups is 1. The molecule has 1 aromatic heterocycles. The number of amides is 2. The molecule has 0 atom stereocenters. The van der Waals surface area contributed by atoms with Crippen molar-refractivity contribution in [3.8, 4) is 0 Å². The van der Waals surface area contributed by atoms with Crippen molar-refractivity contribution in [3.05, 3.63) is 58.2 Å². The van der Waals surface area contributed by atoms with Crippen LogP contribution in [0.15, 0.2) is 36.5 Å². The summed E-state index contributed by atoms with van der Waals surface area (Å²) in [6.07, 6.45) is -3.71.